The number of benzene rings is 2. The first kappa shape index (κ1) is 16.3. The molecule has 5 nitrogen and oxygen atoms in total. The van der Waals surface area contributed by atoms with Crippen LogP contribution in [0.25, 0.3) is 6.08 Å². The van der Waals surface area contributed by atoms with Crippen molar-refractivity contribution >= 4 is 23.6 Å². The van der Waals surface area contributed by atoms with E-state index < -0.39 is 5.97 Å². The van der Waals surface area contributed by atoms with Gasteiger partial charge < -0.3 is 15.2 Å². The number of carboxylic acid groups (broad SMARTS) is 1. The molecule has 2 aromatic carbocycles. The van der Waals surface area contributed by atoms with Gasteiger partial charge in [-0.05, 0) is 29.3 Å². The number of hydrogen-bond acceptors (Lipinski definition) is 3. The van der Waals surface area contributed by atoms with Crippen molar-refractivity contribution in [2.24, 2.45) is 0 Å². The molecule has 0 bridgehead atoms. The molecule has 0 atom stereocenters. The number of amides is 1. The van der Waals surface area contributed by atoms with Crippen LogP contribution in [0, 0.1) is 0 Å². The molecule has 2 aromatic rings. The van der Waals surface area contributed by atoms with Crippen LogP contribution in [0.15, 0.2) is 49.0 Å². The SMILES string of the molecule is C=Cc1ccc(COc2ccc(NC(C)=O)cc2C(=O)O)cc1. The highest BCUT2D eigenvalue weighted by Gasteiger charge is 2.13. The van der Waals surface area contributed by atoms with Crippen molar-refractivity contribution in [2.45, 2.75) is 13.5 Å². The molecule has 5 heteroatoms. The van der Waals surface area contributed by atoms with E-state index >= 15 is 0 Å². The van der Waals surface area contributed by atoms with E-state index in [9.17, 15) is 14.7 Å². The lowest BCUT2D eigenvalue weighted by atomic mass is 10.1. The largest absolute Gasteiger partial charge is 0.488 e. The lowest BCUT2D eigenvalue weighted by molar-refractivity contribution is -0.114. The normalized spacial score (nSPS) is 9.96. The number of carbonyl (C=O) groups is 2. The summed E-state index contributed by atoms with van der Waals surface area (Å²) in [6.07, 6.45) is 1.74. The van der Waals surface area contributed by atoms with Gasteiger partial charge in [0.2, 0.25) is 5.91 Å². The van der Waals surface area contributed by atoms with Crippen LogP contribution in [0.5, 0.6) is 5.75 Å². The third-order valence-corrected chi connectivity index (χ3v) is 3.14. The number of carboxylic acids is 1. The maximum Gasteiger partial charge on any atom is 0.339 e. The van der Waals surface area contributed by atoms with Gasteiger partial charge in [0.1, 0.15) is 17.9 Å². The maximum absolute atomic E-state index is 11.4. The van der Waals surface area contributed by atoms with E-state index in [1.54, 1.807) is 12.1 Å². The Morgan fingerprint density at radius 2 is 1.91 bits per heavy atom. The van der Waals surface area contributed by atoms with Crippen molar-refractivity contribution in [3.05, 3.63) is 65.7 Å². The van der Waals surface area contributed by atoms with Crippen LogP contribution in [-0.4, -0.2) is 17.0 Å². The summed E-state index contributed by atoms with van der Waals surface area (Å²) >= 11 is 0. The Labute approximate surface area is 134 Å². The van der Waals surface area contributed by atoms with E-state index in [2.05, 4.69) is 11.9 Å². The van der Waals surface area contributed by atoms with Crippen LogP contribution in [-0.2, 0) is 11.4 Å². The van der Waals surface area contributed by atoms with Crippen LogP contribution in [0.3, 0.4) is 0 Å². The number of anilines is 1. The molecule has 0 aromatic heterocycles. The highest BCUT2D eigenvalue weighted by atomic mass is 16.5. The highest BCUT2D eigenvalue weighted by molar-refractivity contribution is 5.95. The standard InChI is InChI=1S/C18H17NO4/c1-3-13-4-6-14(7-5-13)11-23-17-9-8-15(19-12(2)20)10-16(17)18(21)22/h3-10H,1,11H2,2H3,(H,19,20)(H,21,22). The van der Waals surface area contributed by atoms with Crippen molar-refractivity contribution in [3.8, 4) is 5.75 Å². The molecule has 2 N–H and O–H groups in total. The molecule has 0 heterocycles. The second kappa shape index (κ2) is 7.26. The van der Waals surface area contributed by atoms with E-state index in [1.165, 1.54) is 19.1 Å². The van der Waals surface area contributed by atoms with E-state index in [4.69, 9.17) is 4.74 Å². The Balaban J connectivity index is 2.16. The van der Waals surface area contributed by atoms with Gasteiger partial charge in [-0.2, -0.15) is 0 Å². The predicted molar refractivity (Wildman–Crippen MR) is 88.6 cm³/mol. The van der Waals surface area contributed by atoms with Crippen molar-refractivity contribution in [2.75, 3.05) is 5.32 Å². The zero-order chi connectivity index (χ0) is 16.8. The fourth-order valence-electron chi connectivity index (χ4n) is 2.02. The molecule has 0 spiro atoms. The van der Waals surface area contributed by atoms with Crippen molar-refractivity contribution in [3.63, 3.8) is 0 Å². The van der Waals surface area contributed by atoms with Crippen LogP contribution in [0.1, 0.15) is 28.4 Å². The van der Waals surface area contributed by atoms with Gasteiger partial charge in [0, 0.05) is 12.6 Å². The van der Waals surface area contributed by atoms with Crippen LogP contribution >= 0.6 is 0 Å². The summed E-state index contributed by atoms with van der Waals surface area (Å²) in [5.74, 6) is -1.13. The molecule has 0 saturated carbocycles. The fraction of sp³-hybridized carbons (Fsp3) is 0.111. The number of nitrogens with one attached hydrogen (secondary N) is 1. The van der Waals surface area contributed by atoms with E-state index in [1.807, 2.05) is 24.3 Å². The van der Waals surface area contributed by atoms with Crippen LogP contribution in [0.2, 0.25) is 0 Å². The fourth-order valence-corrected chi connectivity index (χ4v) is 2.02. The minimum Gasteiger partial charge on any atom is -0.488 e. The zero-order valence-electron chi connectivity index (χ0n) is 12.7. The minimum atomic E-state index is -1.12. The zero-order valence-corrected chi connectivity index (χ0v) is 12.7. The van der Waals surface area contributed by atoms with Gasteiger partial charge in [-0.25, -0.2) is 4.79 Å². The quantitative estimate of drug-likeness (QED) is 0.855. The van der Waals surface area contributed by atoms with Crippen molar-refractivity contribution in [1.29, 1.82) is 0 Å². The van der Waals surface area contributed by atoms with Gasteiger partial charge in [-0.1, -0.05) is 36.9 Å². The smallest absolute Gasteiger partial charge is 0.339 e. The molecule has 0 aliphatic carbocycles. The average molecular weight is 311 g/mol. The van der Waals surface area contributed by atoms with Gasteiger partial charge in [-0.3, -0.25) is 4.79 Å². The Bertz CT molecular complexity index is 735. The van der Waals surface area contributed by atoms with E-state index in [-0.39, 0.29) is 23.8 Å². The van der Waals surface area contributed by atoms with Gasteiger partial charge in [0.05, 0.1) is 0 Å². The minimum absolute atomic E-state index is 0.000961. The molecule has 0 aliphatic heterocycles. The van der Waals surface area contributed by atoms with Crippen LogP contribution < -0.4 is 10.1 Å². The lowest BCUT2D eigenvalue weighted by Gasteiger charge is -2.11. The molecular formula is C18H17NO4. The van der Waals surface area contributed by atoms with Crippen LogP contribution in [0.4, 0.5) is 5.69 Å². The van der Waals surface area contributed by atoms with E-state index in [0.29, 0.717) is 5.69 Å². The molecule has 1 amide bonds. The first-order chi connectivity index (χ1) is 11.0. The Kier molecular flexibility index (Phi) is 5.15. The predicted octanol–water partition coefficient (Wildman–Crippen LogP) is 3.57. The number of ether oxygens (including phenoxy) is 1. The number of aromatic carboxylic acids is 1. The van der Waals surface area contributed by atoms with Gasteiger partial charge in [0.15, 0.2) is 0 Å². The third kappa shape index (κ3) is 4.44. The second-order valence-electron chi connectivity index (χ2n) is 4.93. The lowest BCUT2D eigenvalue weighted by Crippen LogP contribution is -2.08. The number of hydrogen-bond donors (Lipinski definition) is 2. The summed E-state index contributed by atoms with van der Waals surface area (Å²) < 4.78 is 5.60. The van der Waals surface area contributed by atoms with Crippen molar-refractivity contribution in [1.82, 2.24) is 0 Å². The molecule has 0 unspecified atom stereocenters. The number of carbonyl (C=O) groups excluding carboxylic acids is 1. The van der Waals surface area contributed by atoms with E-state index in [0.717, 1.165) is 11.1 Å². The van der Waals surface area contributed by atoms with Gasteiger partial charge in [-0.15, -0.1) is 0 Å². The number of rotatable bonds is 6. The molecule has 0 aliphatic rings. The highest BCUT2D eigenvalue weighted by Crippen LogP contribution is 2.24. The average Bonchev–Trinajstić information content (AvgIpc) is 2.53. The Morgan fingerprint density at radius 3 is 2.48 bits per heavy atom. The molecular weight excluding hydrogens is 294 g/mol. The summed E-state index contributed by atoms with van der Waals surface area (Å²) in [6, 6.07) is 12.1. The maximum atomic E-state index is 11.4. The Hall–Kier alpha value is -3.08. The summed E-state index contributed by atoms with van der Waals surface area (Å²) in [4.78, 5) is 22.4. The molecule has 0 fully saturated rings. The summed E-state index contributed by atoms with van der Waals surface area (Å²) in [5.41, 5.74) is 2.33. The summed E-state index contributed by atoms with van der Waals surface area (Å²) in [6.45, 7) is 5.29. The third-order valence-electron chi connectivity index (χ3n) is 3.14. The molecule has 23 heavy (non-hydrogen) atoms. The molecule has 0 saturated heterocycles. The Morgan fingerprint density at radius 1 is 1.22 bits per heavy atom. The second-order valence-corrected chi connectivity index (χ2v) is 4.93. The topological polar surface area (TPSA) is 75.6 Å². The van der Waals surface area contributed by atoms with Gasteiger partial charge in [0.25, 0.3) is 0 Å². The summed E-state index contributed by atoms with van der Waals surface area (Å²) in [5, 5.41) is 11.8. The van der Waals surface area contributed by atoms with Gasteiger partial charge >= 0.3 is 5.97 Å². The molecule has 0 radical (unpaired) electrons. The monoisotopic (exact) mass is 311 g/mol. The van der Waals surface area contributed by atoms with Crippen molar-refractivity contribution < 1.29 is 19.4 Å². The molecule has 118 valence electrons. The first-order valence-electron chi connectivity index (χ1n) is 6.98. The first-order valence-corrected chi connectivity index (χ1v) is 6.98. The summed E-state index contributed by atoms with van der Waals surface area (Å²) in [7, 11) is 0. The molecule has 2 rings (SSSR count).